The summed E-state index contributed by atoms with van der Waals surface area (Å²) in [5.41, 5.74) is 0. The fourth-order valence-corrected chi connectivity index (χ4v) is 1.58. The van der Waals surface area contributed by atoms with E-state index < -0.39 is 0 Å². The molecular weight excluding hydrogens is 180 g/mol. The van der Waals surface area contributed by atoms with Crippen LogP contribution in [0.15, 0.2) is 12.2 Å². The highest BCUT2D eigenvalue weighted by Gasteiger charge is 2.21. The van der Waals surface area contributed by atoms with Gasteiger partial charge in [-0.2, -0.15) is 0 Å². The maximum absolute atomic E-state index is 11.5. The number of rotatable bonds is 3. The highest BCUT2D eigenvalue weighted by Crippen LogP contribution is 2.19. The van der Waals surface area contributed by atoms with Crippen molar-refractivity contribution in [3.05, 3.63) is 12.2 Å². The van der Waals surface area contributed by atoms with Gasteiger partial charge in [0.25, 0.3) is 0 Å². The molecule has 0 saturated carbocycles. The molecule has 1 unspecified atom stereocenters. The van der Waals surface area contributed by atoms with Crippen LogP contribution in [0.5, 0.6) is 0 Å². The lowest BCUT2D eigenvalue weighted by Gasteiger charge is -2.10. The Bertz CT molecular complexity index is 243. The molecule has 0 aromatic rings. The molecule has 14 heavy (non-hydrogen) atoms. The van der Waals surface area contributed by atoms with E-state index in [1.165, 1.54) is 0 Å². The minimum absolute atomic E-state index is 0.0653. The molecule has 0 N–H and O–H groups in total. The molecule has 78 valence electrons. The summed E-state index contributed by atoms with van der Waals surface area (Å²) in [6, 6.07) is 0. The standard InChI is InChI=1S/C11H16O3/c1-2-14-11(13)8-9-6-4-3-5-7-10(9)12/h5,7,9H,2-4,6,8H2,1H3. The molecule has 0 spiro atoms. The monoisotopic (exact) mass is 196 g/mol. The van der Waals surface area contributed by atoms with Crippen LogP contribution in [0.3, 0.4) is 0 Å². The van der Waals surface area contributed by atoms with Gasteiger partial charge in [-0.15, -0.1) is 0 Å². The molecule has 0 saturated heterocycles. The van der Waals surface area contributed by atoms with Crippen molar-refractivity contribution >= 4 is 11.8 Å². The number of hydrogen-bond acceptors (Lipinski definition) is 3. The van der Waals surface area contributed by atoms with Crippen molar-refractivity contribution in [1.29, 1.82) is 0 Å². The van der Waals surface area contributed by atoms with Gasteiger partial charge in [0, 0.05) is 5.92 Å². The lowest BCUT2D eigenvalue weighted by molar-refractivity contribution is -0.145. The van der Waals surface area contributed by atoms with Crippen LogP contribution in [0.2, 0.25) is 0 Å². The second-order valence-corrected chi connectivity index (χ2v) is 3.44. The smallest absolute Gasteiger partial charge is 0.306 e. The van der Waals surface area contributed by atoms with Crippen LogP contribution in [-0.2, 0) is 14.3 Å². The summed E-state index contributed by atoms with van der Waals surface area (Å²) in [4.78, 5) is 22.6. The number of carbonyl (C=O) groups excluding carboxylic acids is 2. The van der Waals surface area contributed by atoms with E-state index in [0.29, 0.717) is 6.61 Å². The molecule has 0 amide bonds. The quantitative estimate of drug-likeness (QED) is 0.647. The Kier molecular flexibility index (Phi) is 4.36. The van der Waals surface area contributed by atoms with Gasteiger partial charge in [0.1, 0.15) is 0 Å². The lowest BCUT2D eigenvalue weighted by atomic mass is 9.96. The molecule has 0 aromatic heterocycles. The minimum atomic E-state index is -0.263. The van der Waals surface area contributed by atoms with Crippen LogP contribution in [0.4, 0.5) is 0 Å². The van der Waals surface area contributed by atoms with Crippen molar-refractivity contribution in [1.82, 2.24) is 0 Å². The Morgan fingerprint density at radius 1 is 1.64 bits per heavy atom. The molecule has 0 fully saturated rings. The van der Waals surface area contributed by atoms with Gasteiger partial charge in [0.05, 0.1) is 13.0 Å². The average molecular weight is 196 g/mol. The topological polar surface area (TPSA) is 43.4 Å². The molecule has 1 atom stereocenters. The number of ether oxygens (including phenoxy) is 1. The molecule has 3 nitrogen and oxygen atoms in total. The zero-order chi connectivity index (χ0) is 10.4. The zero-order valence-corrected chi connectivity index (χ0v) is 8.49. The summed E-state index contributed by atoms with van der Waals surface area (Å²) in [7, 11) is 0. The fourth-order valence-electron chi connectivity index (χ4n) is 1.58. The van der Waals surface area contributed by atoms with Crippen LogP contribution in [0, 0.1) is 5.92 Å². The van der Waals surface area contributed by atoms with Crippen LogP contribution in [0.25, 0.3) is 0 Å². The Morgan fingerprint density at radius 2 is 2.43 bits per heavy atom. The highest BCUT2D eigenvalue weighted by atomic mass is 16.5. The molecule has 0 radical (unpaired) electrons. The van der Waals surface area contributed by atoms with E-state index in [0.717, 1.165) is 19.3 Å². The molecule has 0 bridgehead atoms. The zero-order valence-electron chi connectivity index (χ0n) is 8.49. The third-order valence-electron chi connectivity index (χ3n) is 2.33. The number of esters is 1. The van der Waals surface area contributed by atoms with Crippen LogP contribution in [0.1, 0.15) is 32.6 Å². The Balaban J connectivity index is 2.45. The van der Waals surface area contributed by atoms with Gasteiger partial charge in [0.15, 0.2) is 5.78 Å². The molecule has 0 heterocycles. The first-order valence-electron chi connectivity index (χ1n) is 5.10. The number of allylic oxidation sites excluding steroid dienone is 2. The molecule has 1 aliphatic rings. The van der Waals surface area contributed by atoms with Crippen molar-refractivity contribution in [3.63, 3.8) is 0 Å². The van der Waals surface area contributed by atoms with E-state index in [4.69, 9.17) is 4.74 Å². The maximum Gasteiger partial charge on any atom is 0.306 e. The van der Waals surface area contributed by atoms with Gasteiger partial charge in [-0.05, 0) is 32.3 Å². The minimum Gasteiger partial charge on any atom is -0.466 e. The van der Waals surface area contributed by atoms with Gasteiger partial charge in [-0.3, -0.25) is 9.59 Å². The third kappa shape index (κ3) is 3.32. The Labute approximate surface area is 84.1 Å². The molecule has 0 aromatic carbocycles. The molecule has 3 heteroatoms. The van der Waals surface area contributed by atoms with E-state index >= 15 is 0 Å². The average Bonchev–Trinajstić information content (AvgIpc) is 2.33. The largest absolute Gasteiger partial charge is 0.466 e. The summed E-state index contributed by atoms with van der Waals surface area (Å²) in [6.45, 7) is 2.16. The first kappa shape index (κ1) is 11.0. The van der Waals surface area contributed by atoms with E-state index in [1.54, 1.807) is 13.0 Å². The van der Waals surface area contributed by atoms with E-state index in [9.17, 15) is 9.59 Å². The van der Waals surface area contributed by atoms with E-state index in [2.05, 4.69) is 0 Å². The summed E-state index contributed by atoms with van der Waals surface area (Å²) >= 11 is 0. The fraction of sp³-hybridized carbons (Fsp3) is 0.636. The molecule has 0 aliphatic heterocycles. The van der Waals surface area contributed by atoms with Gasteiger partial charge in [-0.1, -0.05) is 6.08 Å². The first-order valence-corrected chi connectivity index (χ1v) is 5.10. The Morgan fingerprint density at radius 3 is 3.14 bits per heavy atom. The van der Waals surface area contributed by atoms with Crippen molar-refractivity contribution in [2.75, 3.05) is 6.61 Å². The van der Waals surface area contributed by atoms with Crippen LogP contribution < -0.4 is 0 Å². The predicted molar refractivity (Wildman–Crippen MR) is 52.7 cm³/mol. The molecule has 1 rings (SSSR count). The summed E-state index contributed by atoms with van der Waals surface area (Å²) in [5, 5.41) is 0. The first-order chi connectivity index (χ1) is 6.74. The van der Waals surface area contributed by atoms with Gasteiger partial charge >= 0.3 is 5.97 Å². The van der Waals surface area contributed by atoms with Crippen LogP contribution in [-0.4, -0.2) is 18.4 Å². The maximum atomic E-state index is 11.5. The van der Waals surface area contributed by atoms with Crippen molar-refractivity contribution in [2.45, 2.75) is 32.6 Å². The lowest BCUT2D eigenvalue weighted by Crippen LogP contribution is -2.17. The number of hydrogen-bond donors (Lipinski definition) is 0. The highest BCUT2D eigenvalue weighted by molar-refractivity contribution is 5.94. The summed E-state index contributed by atoms with van der Waals surface area (Å²) < 4.78 is 4.82. The third-order valence-corrected chi connectivity index (χ3v) is 2.33. The summed E-state index contributed by atoms with van der Waals surface area (Å²) in [5.74, 6) is -0.357. The van der Waals surface area contributed by atoms with E-state index in [-0.39, 0.29) is 24.1 Å². The SMILES string of the molecule is CCOC(=O)CC1CCCC=CC1=O. The van der Waals surface area contributed by atoms with Gasteiger partial charge in [-0.25, -0.2) is 0 Å². The summed E-state index contributed by atoms with van der Waals surface area (Å²) in [6.07, 6.45) is 6.42. The van der Waals surface area contributed by atoms with Crippen molar-refractivity contribution < 1.29 is 14.3 Å². The van der Waals surface area contributed by atoms with Crippen LogP contribution >= 0.6 is 0 Å². The molecule has 1 aliphatic carbocycles. The molecular formula is C11H16O3. The van der Waals surface area contributed by atoms with Crippen molar-refractivity contribution in [3.8, 4) is 0 Å². The Hall–Kier alpha value is -1.12. The predicted octanol–water partition coefficient (Wildman–Crippen LogP) is 1.86. The second-order valence-electron chi connectivity index (χ2n) is 3.44. The van der Waals surface area contributed by atoms with Gasteiger partial charge < -0.3 is 4.74 Å². The number of ketones is 1. The van der Waals surface area contributed by atoms with E-state index in [1.807, 2.05) is 6.08 Å². The normalized spacial score (nSPS) is 21.8. The number of carbonyl (C=O) groups is 2. The van der Waals surface area contributed by atoms with Gasteiger partial charge in [0.2, 0.25) is 0 Å². The van der Waals surface area contributed by atoms with Crippen molar-refractivity contribution in [2.24, 2.45) is 5.92 Å². The second kappa shape index (κ2) is 5.58.